The summed E-state index contributed by atoms with van der Waals surface area (Å²) >= 11 is 0. The van der Waals surface area contributed by atoms with Gasteiger partial charge in [0.05, 0.1) is 10.9 Å². The molecule has 29 heavy (non-hydrogen) atoms. The number of aryl methyl sites for hydroxylation is 1. The van der Waals surface area contributed by atoms with E-state index in [9.17, 15) is 19.2 Å². The molecule has 8 nitrogen and oxygen atoms in total. The van der Waals surface area contributed by atoms with E-state index in [1.54, 1.807) is 36.4 Å². The van der Waals surface area contributed by atoms with E-state index in [0.29, 0.717) is 11.2 Å². The Morgan fingerprint density at radius 2 is 1.79 bits per heavy atom. The van der Waals surface area contributed by atoms with Gasteiger partial charge in [0, 0.05) is 5.69 Å². The number of rotatable bonds is 6. The molecular weight excluding hydrogens is 374 g/mol. The van der Waals surface area contributed by atoms with Gasteiger partial charge in [0.1, 0.15) is 6.54 Å². The maximum Gasteiger partial charge on any atom is 0.329 e. The fourth-order valence-corrected chi connectivity index (χ4v) is 2.88. The van der Waals surface area contributed by atoms with Crippen molar-refractivity contribution in [1.82, 2.24) is 9.55 Å². The highest BCUT2D eigenvalue weighted by atomic mass is 16.5. The van der Waals surface area contributed by atoms with Crippen molar-refractivity contribution in [2.45, 2.75) is 32.9 Å². The van der Waals surface area contributed by atoms with Crippen molar-refractivity contribution in [3.63, 3.8) is 0 Å². The lowest BCUT2D eigenvalue weighted by atomic mass is 10.1. The summed E-state index contributed by atoms with van der Waals surface area (Å²) in [5.41, 5.74) is 0.793. The zero-order chi connectivity index (χ0) is 21.0. The summed E-state index contributed by atoms with van der Waals surface area (Å²) in [5, 5.41) is 2.96. The second kappa shape index (κ2) is 8.55. The first-order valence-electron chi connectivity index (χ1n) is 9.20. The van der Waals surface area contributed by atoms with Crippen molar-refractivity contribution in [3.05, 3.63) is 74.9 Å². The standard InChI is InChI=1S/C21H21N3O5/c1-3-14-8-10-15(11-9-14)22-19(26)13(2)29-18(25)12-24-17-7-5-4-6-16(17)20(27)23-21(24)28/h4-11,13H,3,12H2,1-2H3,(H,22,26)(H,23,27,28). The number of carbonyl (C=O) groups excluding carboxylic acids is 2. The van der Waals surface area contributed by atoms with Gasteiger partial charge in [-0.05, 0) is 43.2 Å². The van der Waals surface area contributed by atoms with Gasteiger partial charge in [-0.2, -0.15) is 0 Å². The summed E-state index contributed by atoms with van der Waals surface area (Å²) in [6, 6.07) is 13.8. The van der Waals surface area contributed by atoms with Gasteiger partial charge < -0.3 is 10.1 Å². The average Bonchev–Trinajstić information content (AvgIpc) is 2.71. The molecule has 3 aromatic rings. The second-order valence-corrected chi connectivity index (χ2v) is 6.53. The highest BCUT2D eigenvalue weighted by Crippen LogP contribution is 2.11. The number of anilines is 1. The predicted molar refractivity (Wildman–Crippen MR) is 109 cm³/mol. The highest BCUT2D eigenvalue weighted by Gasteiger charge is 2.19. The maximum absolute atomic E-state index is 12.3. The monoisotopic (exact) mass is 395 g/mol. The molecule has 0 aliphatic heterocycles. The minimum Gasteiger partial charge on any atom is -0.451 e. The molecule has 1 atom stereocenters. The van der Waals surface area contributed by atoms with Crippen LogP contribution in [-0.4, -0.2) is 27.5 Å². The van der Waals surface area contributed by atoms with E-state index in [0.717, 1.165) is 16.6 Å². The van der Waals surface area contributed by atoms with E-state index >= 15 is 0 Å². The van der Waals surface area contributed by atoms with Crippen LogP contribution < -0.4 is 16.6 Å². The molecule has 0 fully saturated rings. The van der Waals surface area contributed by atoms with Crippen molar-refractivity contribution in [1.29, 1.82) is 0 Å². The first kappa shape index (κ1) is 20.1. The molecule has 8 heteroatoms. The van der Waals surface area contributed by atoms with Gasteiger partial charge in [0.2, 0.25) is 0 Å². The summed E-state index contributed by atoms with van der Waals surface area (Å²) in [6.07, 6.45) is -0.167. The van der Waals surface area contributed by atoms with Crippen LogP contribution in [-0.2, 0) is 27.3 Å². The quantitative estimate of drug-likeness (QED) is 0.619. The number of hydrogen-bond donors (Lipinski definition) is 2. The number of esters is 1. The summed E-state index contributed by atoms with van der Waals surface area (Å²) in [4.78, 5) is 50.7. The molecule has 0 aliphatic rings. The molecule has 0 saturated heterocycles. The molecule has 1 heterocycles. The van der Waals surface area contributed by atoms with E-state index in [1.807, 2.05) is 19.1 Å². The van der Waals surface area contributed by atoms with Crippen LogP contribution in [0.1, 0.15) is 19.4 Å². The van der Waals surface area contributed by atoms with Crippen LogP contribution in [0.15, 0.2) is 58.1 Å². The lowest BCUT2D eigenvalue weighted by molar-refractivity contribution is -0.153. The van der Waals surface area contributed by atoms with Gasteiger partial charge in [0.25, 0.3) is 11.5 Å². The molecule has 0 spiro atoms. The van der Waals surface area contributed by atoms with Gasteiger partial charge in [-0.1, -0.05) is 31.2 Å². The number of aromatic amines is 1. The number of nitrogens with one attached hydrogen (secondary N) is 2. The van der Waals surface area contributed by atoms with E-state index in [2.05, 4.69) is 10.3 Å². The Morgan fingerprint density at radius 1 is 1.10 bits per heavy atom. The van der Waals surface area contributed by atoms with Crippen LogP contribution in [0.2, 0.25) is 0 Å². The molecule has 1 amide bonds. The molecule has 150 valence electrons. The molecule has 3 rings (SSSR count). The van der Waals surface area contributed by atoms with Crippen molar-refractivity contribution in [2.24, 2.45) is 0 Å². The van der Waals surface area contributed by atoms with E-state index in [-0.39, 0.29) is 5.39 Å². The number of aromatic nitrogens is 2. The fourth-order valence-electron chi connectivity index (χ4n) is 2.88. The molecule has 0 radical (unpaired) electrons. The van der Waals surface area contributed by atoms with Crippen LogP contribution in [0, 0.1) is 0 Å². The third-order valence-corrected chi connectivity index (χ3v) is 4.50. The second-order valence-electron chi connectivity index (χ2n) is 6.53. The third kappa shape index (κ3) is 4.60. The minimum absolute atomic E-state index is 0.279. The Labute approximate surface area is 166 Å². The smallest absolute Gasteiger partial charge is 0.329 e. The van der Waals surface area contributed by atoms with Gasteiger partial charge in [-0.15, -0.1) is 0 Å². The SMILES string of the molecule is CCc1ccc(NC(=O)C(C)OC(=O)Cn2c(=O)[nH]c(=O)c3ccccc32)cc1. The number of carbonyl (C=O) groups is 2. The zero-order valence-corrected chi connectivity index (χ0v) is 16.1. The number of hydrogen-bond acceptors (Lipinski definition) is 5. The van der Waals surface area contributed by atoms with E-state index in [4.69, 9.17) is 4.74 Å². The first-order chi connectivity index (χ1) is 13.9. The van der Waals surface area contributed by atoms with Crippen LogP contribution >= 0.6 is 0 Å². The summed E-state index contributed by atoms with van der Waals surface area (Å²) in [7, 11) is 0. The lowest BCUT2D eigenvalue weighted by Gasteiger charge is -2.15. The number of amides is 1. The Hall–Kier alpha value is -3.68. The Morgan fingerprint density at radius 3 is 2.48 bits per heavy atom. The molecule has 1 unspecified atom stereocenters. The number of fused-ring (bicyclic) bond motifs is 1. The fraction of sp³-hybridized carbons (Fsp3) is 0.238. The van der Waals surface area contributed by atoms with E-state index < -0.39 is 35.8 Å². The molecule has 2 aromatic carbocycles. The predicted octanol–water partition coefficient (Wildman–Crippen LogP) is 1.82. The molecule has 2 N–H and O–H groups in total. The molecule has 1 aromatic heterocycles. The summed E-state index contributed by atoms with van der Waals surface area (Å²) in [5.74, 6) is -1.26. The topological polar surface area (TPSA) is 110 Å². The van der Waals surface area contributed by atoms with Crippen LogP contribution in [0.25, 0.3) is 10.9 Å². The number of ether oxygens (including phenoxy) is 1. The number of para-hydroxylation sites is 1. The van der Waals surface area contributed by atoms with Crippen molar-refractivity contribution in [2.75, 3.05) is 5.32 Å². The highest BCUT2D eigenvalue weighted by molar-refractivity contribution is 5.95. The Kier molecular flexibility index (Phi) is 5.92. The summed E-state index contributed by atoms with van der Waals surface area (Å²) < 4.78 is 6.27. The van der Waals surface area contributed by atoms with Gasteiger partial charge in [-0.25, -0.2) is 4.79 Å². The minimum atomic E-state index is -1.06. The zero-order valence-electron chi connectivity index (χ0n) is 16.1. The number of H-pyrrole nitrogens is 1. The maximum atomic E-state index is 12.3. The average molecular weight is 395 g/mol. The van der Waals surface area contributed by atoms with E-state index in [1.165, 1.54) is 6.92 Å². The first-order valence-corrected chi connectivity index (χ1v) is 9.20. The van der Waals surface area contributed by atoms with Crippen LogP contribution in [0.4, 0.5) is 5.69 Å². The van der Waals surface area contributed by atoms with Crippen molar-refractivity contribution in [3.8, 4) is 0 Å². The Bertz CT molecular complexity index is 1160. The van der Waals surface area contributed by atoms with Crippen LogP contribution in [0.3, 0.4) is 0 Å². The summed E-state index contributed by atoms with van der Waals surface area (Å²) in [6.45, 7) is 3.05. The normalized spacial score (nSPS) is 11.8. The Balaban J connectivity index is 1.69. The van der Waals surface area contributed by atoms with Crippen LogP contribution in [0.5, 0.6) is 0 Å². The number of benzene rings is 2. The largest absolute Gasteiger partial charge is 0.451 e. The molecular formula is C21H21N3O5. The van der Waals surface area contributed by atoms with Gasteiger partial charge in [-0.3, -0.25) is 23.9 Å². The van der Waals surface area contributed by atoms with Crippen molar-refractivity contribution < 1.29 is 14.3 Å². The lowest BCUT2D eigenvalue weighted by Crippen LogP contribution is -2.35. The molecule has 0 saturated carbocycles. The van der Waals surface area contributed by atoms with Crippen molar-refractivity contribution >= 4 is 28.5 Å². The number of nitrogens with zero attached hydrogens (tertiary/aromatic N) is 1. The van der Waals surface area contributed by atoms with Gasteiger partial charge >= 0.3 is 11.7 Å². The molecule has 0 aliphatic carbocycles. The van der Waals surface area contributed by atoms with Gasteiger partial charge in [0.15, 0.2) is 6.10 Å². The molecule has 0 bridgehead atoms. The third-order valence-electron chi connectivity index (χ3n) is 4.50.